The molecule has 0 aromatic carbocycles. The van der Waals surface area contributed by atoms with Crippen LogP contribution in [0.1, 0.15) is 26.2 Å². The van der Waals surface area contributed by atoms with Crippen LogP contribution in [0.5, 0.6) is 0 Å². The molecule has 0 amide bonds. The Labute approximate surface area is 73.2 Å². The fraction of sp³-hybridized carbons (Fsp3) is 1.00. The van der Waals surface area contributed by atoms with E-state index in [0.29, 0.717) is 0 Å². The predicted octanol–water partition coefficient (Wildman–Crippen LogP) is 0.672. The molecule has 1 aliphatic heterocycles. The van der Waals surface area contributed by atoms with Crippen molar-refractivity contribution in [2.45, 2.75) is 43.9 Å². The van der Waals surface area contributed by atoms with Crippen molar-refractivity contribution in [2.75, 3.05) is 13.2 Å². The molecule has 3 nitrogen and oxygen atoms in total. The average Bonchev–Trinajstić information content (AvgIpc) is 2.55. The molecule has 3 atom stereocenters. The minimum absolute atomic E-state index is 0.101. The number of ether oxygens (including phenoxy) is 2. The van der Waals surface area contributed by atoms with Gasteiger partial charge in [-0.2, -0.15) is 0 Å². The van der Waals surface area contributed by atoms with Crippen molar-refractivity contribution in [1.82, 2.24) is 0 Å². The number of hydrogen-bond donors (Lipinski definition) is 1. The number of rotatable bonds is 2. The molecule has 1 saturated heterocycles. The van der Waals surface area contributed by atoms with Crippen LogP contribution in [0.2, 0.25) is 0 Å². The van der Waals surface area contributed by atoms with Crippen molar-refractivity contribution >= 4 is 0 Å². The average molecular weight is 171 g/mol. The van der Waals surface area contributed by atoms with Gasteiger partial charge in [0.1, 0.15) is 5.60 Å². The quantitative estimate of drug-likeness (QED) is 0.664. The summed E-state index contributed by atoms with van der Waals surface area (Å²) in [7, 11) is 0. The molecule has 0 radical (unpaired) electrons. The lowest BCUT2D eigenvalue weighted by Crippen LogP contribution is -2.67. The summed E-state index contributed by atoms with van der Waals surface area (Å²) in [5, 5.41) is 0. The molecule has 0 unspecified atom stereocenters. The highest BCUT2D eigenvalue weighted by atomic mass is 16.6. The first-order chi connectivity index (χ1) is 5.79. The van der Waals surface area contributed by atoms with Crippen LogP contribution in [0.3, 0.4) is 0 Å². The van der Waals surface area contributed by atoms with Gasteiger partial charge in [0.05, 0.1) is 6.10 Å². The van der Waals surface area contributed by atoms with E-state index >= 15 is 0 Å². The van der Waals surface area contributed by atoms with Gasteiger partial charge in [0, 0.05) is 19.3 Å². The Bertz CT molecular complexity index is 164. The fourth-order valence-electron chi connectivity index (χ4n) is 2.35. The summed E-state index contributed by atoms with van der Waals surface area (Å²) in [4.78, 5) is 0. The molecule has 2 N–H and O–H groups in total. The standard InChI is InChI=1S/C9H17NO2/c1-2-11-8-6-7(10)9(8)4-3-5-12-9/h7-8H,2-6,10H2,1H3/t7-,8+,9+/m1/s1. The Kier molecular flexibility index (Phi) is 2.10. The number of hydrogen-bond acceptors (Lipinski definition) is 3. The molecule has 1 spiro atoms. The number of nitrogens with two attached hydrogens (primary N) is 1. The van der Waals surface area contributed by atoms with Crippen molar-refractivity contribution in [3.63, 3.8) is 0 Å². The van der Waals surface area contributed by atoms with Crippen LogP contribution >= 0.6 is 0 Å². The van der Waals surface area contributed by atoms with Gasteiger partial charge in [0.2, 0.25) is 0 Å². The summed E-state index contributed by atoms with van der Waals surface area (Å²) in [6.45, 7) is 3.65. The van der Waals surface area contributed by atoms with Crippen LogP contribution in [0.25, 0.3) is 0 Å². The van der Waals surface area contributed by atoms with E-state index in [2.05, 4.69) is 0 Å². The molecule has 1 saturated carbocycles. The van der Waals surface area contributed by atoms with Gasteiger partial charge >= 0.3 is 0 Å². The second-order valence-corrected chi connectivity index (χ2v) is 3.69. The van der Waals surface area contributed by atoms with Crippen LogP contribution in [0, 0.1) is 0 Å². The molecular weight excluding hydrogens is 154 g/mol. The Morgan fingerprint density at radius 3 is 3.00 bits per heavy atom. The lowest BCUT2D eigenvalue weighted by molar-refractivity contribution is -0.189. The summed E-state index contributed by atoms with van der Waals surface area (Å²) in [6, 6.07) is 0.205. The molecule has 3 heteroatoms. The zero-order chi connectivity index (χ0) is 8.60. The largest absolute Gasteiger partial charge is 0.375 e. The SMILES string of the molecule is CCO[C@H]1C[C@@H](N)[C@@]12CCCO2. The highest BCUT2D eigenvalue weighted by molar-refractivity contribution is 5.11. The summed E-state index contributed by atoms with van der Waals surface area (Å²) >= 11 is 0. The first kappa shape index (κ1) is 8.48. The normalized spacial score (nSPS) is 46.5. The van der Waals surface area contributed by atoms with E-state index in [4.69, 9.17) is 15.2 Å². The molecule has 2 rings (SSSR count). The smallest absolute Gasteiger partial charge is 0.109 e. The Morgan fingerprint density at radius 1 is 1.67 bits per heavy atom. The Hall–Kier alpha value is -0.120. The molecule has 2 fully saturated rings. The van der Waals surface area contributed by atoms with E-state index in [-0.39, 0.29) is 17.7 Å². The van der Waals surface area contributed by atoms with Crippen LogP contribution in [0.4, 0.5) is 0 Å². The third kappa shape index (κ3) is 1.00. The van der Waals surface area contributed by atoms with E-state index in [0.717, 1.165) is 32.5 Å². The highest BCUT2D eigenvalue weighted by Gasteiger charge is 2.56. The van der Waals surface area contributed by atoms with Gasteiger partial charge in [0.15, 0.2) is 0 Å². The van der Waals surface area contributed by atoms with E-state index < -0.39 is 0 Å². The van der Waals surface area contributed by atoms with Crippen LogP contribution < -0.4 is 5.73 Å². The van der Waals surface area contributed by atoms with Gasteiger partial charge in [-0.1, -0.05) is 0 Å². The Balaban J connectivity index is 2.00. The summed E-state index contributed by atoms with van der Waals surface area (Å²) in [5.41, 5.74) is 5.83. The molecule has 70 valence electrons. The first-order valence-corrected chi connectivity index (χ1v) is 4.81. The van der Waals surface area contributed by atoms with Crippen molar-refractivity contribution in [3.8, 4) is 0 Å². The van der Waals surface area contributed by atoms with Gasteiger partial charge in [-0.05, 0) is 26.2 Å². The Morgan fingerprint density at radius 2 is 2.50 bits per heavy atom. The highest BCUT2D eigenvalue weighted by Crippen LogP contribution is 2.44. The lowest BCUT2D eigenvalue weighted by Gasteiger charge is -2.50. The molecule has 1 aliphatic carbocycles. The van der Waals surface area contributed by atoms with Crippen molar-refractivity contribution < 1.29 is 9.47 Å². The maximum atomic E-state index is 5.93. The molecular formula is C9H17NO2. The summed E-state index contributed by atoms with van der Waals surface area (Å²) < 4.78 is 11.3. The summed E-state index contributed by atoms with van der Waals surface area (Å²) in [6.07, 6.45) is 3.45. The first-order valence-electron chi connectivity index (χ1n) is 4.81. The third-order valence-electron chi connectivity index (χ3n) is 3.09. The zero-order valence-electron chi connectivity index (χ0n) is 7.58. The summed E-state index contributed by atoms with van der Waals surface area (Å²) in [5.74, 6) is 0. The van der Waals surface area contributed by atoms with Gasteiger partial charge in [-0.25, -0.2) is 0 Å². The monoisotopic (exact) mass is 171 g/mol. The lowest BCUT2D eigenvalue weighted by atomic mass is 9.70. The van der Waals surface area contributed by atoms with Gasteiger partial charge < -0.3 is 15.2 Å². The minimum Gasteiger partial charge on any atom is -0.375 e. The van der Waals surface area contributed by atoms with Gasteiger partial charge in [0.25, 0.3) is 0 Å². The second kappa shape index (κ2) is 2.98. The van der Waals surface area contributed by atoms with Gasteiger partial charge in [-0.15, -0.1) is 0 Å². The van der Waals surface area contributed by atoms with E-state index in [9.17, 15) is 0 Å². The zero-order valence-corrected chi connectivity index (χ0v) is 7.58. The molecule has 12 heavy (non-hydrogen) atoms. The maximum Gasteiger partial charge on any atom is 0.109 e. The van der Waals surface area contributed by atoms with Crippen molar-refractivity contribution in [2.24, 2.45) is 5.73 Å². The van der Waals surface area contributed by atoms with Gasteiger partial charge in [-0.3, -0.25) is 0 Å². The predicted molar refractivity (Wildman–Crippen MR) is 45.9 cm³/mol. The molecule has 0 aromatic rings. The third-order valence-corrected chi connectivity index (χ3v) is 3.09. The van der Waals surface area contributed by atoms with Crippen LogP contribution in [0.15, 0.2) is 0 Å². The maximum absolute atomic E-state index is 5.93. The topological polar surface area (TPSA) is 44.5 Å². The minimum atomic E-state index is -0.101. The van der Waals surface area contributed by atoms with Crippen molar-refractivity contribution in [1.29, 1.82) is 0 Å². The van der Waals surface area contributed by atoms with Crippen molar-refractivity contribution in [3.05, 3.63) is 0 Å². The molecule has 1 heterocycles. The van der Waals surface area contributed by atoms with E-state index in [1.54, 1.807) is 0 Å². The van der Waals surface area contributed by atoms with Crippen LogP contribution in [-0.4, -0.2) is 31.0 Å². The van der Waals surface area contributed by atoms with E-state index in [1.807, 2.05) is 6.92 Å². The molecule has 0 aromatic heterocycles. The second-order valence-electron chi connectivity index (χ2n) is 3.69. The van der Waals surface area contributed by atoms with E-state index in [1.165, 1.54) is 0 Å². The van der Waals surface area contributed by atoms with Crippen LogP contribution in [-0.2, 0) is 9.47 Å². The fourth-order valence-corrected chi connectivity index (χ4v) is 2.35. The molecule has 0 bridgehead atoms. The molecule has 2 aliphatic rings.